The third-order valence-corrected chi connectivity index (χ3v) is 20.5. The minimum Gasteiger partial charge on any atom is -0.456 e. The third-order valence-electron chi connectivity index (χ3n) is 15.8. The first kappa shape index (κ1) is 38.9. The standard InChI is InChI=1S/C61H49N3OSi/c1-60-35-14-15-36-61(60,2)64(54-31-29-42(38-52(54)60)43-18-17-37-62-41-43)45-30-32-53-51(40-45)58-55(33-34-57-59(58)50-27-12-13-28-56(50)65-57)63(53)44-19-16-26-49(39-44)66(46-20-6-3-7-21-46,47-22-8-4-9-23-47)48-24-10-5-11-25-48/h3-13,16-34,37-41H,14-15,35-36H2,1-2H3. The molecule has 1 saturated carbocycles. The molecule has 318 valence electrons. The number of aromatic nitrogens is 2. The summed E-state index contributed by atoms with van der Waals surface area (Å²) in [5, 5.41) is 10.2. The van der Waals surface area contributed by atoms with E-state index in [0.717, 1.165) is 40.6 Å². The SMILES string of the molecule is CC12CCCCC1(C)N(c1ccc3c(c1)c1c4c(ccc1n3-c1cccc([Si](c3ccccc3)(c3ccccc3)c3ccccc3)c1)oc1ccccc14)c1ccc(-c3cccnc3)cc12. The van der Waals surface area contributed by atoms with Gasteiger partial charge in [-0.15, -0.1) is 0 Å². The number of rotatable bonds is 7. The molecule has 2 aliphatic rings. The topological polar surface area (TPSA) is 34.2 Å². The Bertz CT molecular complexity index is 3540. The van der Waals surface area contributed by atoms with E-state index < -0.39 is 8.07 Å². The van der Waals surface area contributed by atoms with Crippen LogP contribution < -0.4 is 25.6 Å². The summed E-state index contributed by atoms with van der Waals surface area (Å²) in [6, 6.07) is 74.8. The molecule has 8 aromatic carbocycles. The lowest BCUT2D eigenvalue weighted by Crippen LogP contribution is -2.74. The highest BCUT2D eigenvalue weighted by Crippen LogP contribution is 2.61. The molecule has 11 aromatic rings. The maximum absolute atomic E-state index is 6.64. The Labute approximate surface area is 386 Å². The smallest absolute Gasteiger partial charge is 0.179 e. The van der Waals surface area contributed by atoms with Crippen LogP contribution in [0.15, 0.2) is 217 Å². The average molecular weight is 868 g/mol. The molecule has 4 heterocycles. The highest BCUT2D eigenvalue weighted by atomic mass is 28.3. The van der Waals surface area contributed by atoms with Gasteiger partial charge in [0.2, 0.25) is 0 Å². The minimum atomic E-state index is -2.81. The number of hydrogen-bond donors (Lipinski definition) is 0. The molecule has 0 amide bonds. The fraction of sp³-hybridized carbons (Fsp3) is 0.131. The molecule has 1 aliphatic carbocycles. The van der Waals surface area contributed by atoms with Crippen LogP contribution in [0, 0.1) is 0 Å². The Kier molecular flexibility index (Phi) is 8.72. The second-order valence-corrected chi connectivity index (χ2v) is 22.8. The van der Waals surface area contributed by atoms with Crippen LogP contribution in [0.1, 0.15) is 45.1 Å². The highest BCUT2D eigenvalue weighted by molar-refractivity contribution is 7.19. The van der Waals surface area contributed by atoms with Gasteiger partial charge in [-0.05, 0) is 124 Å². The minimum absolute atomic E-state index is 0.0249. The summed E-state index contributed by atoms with van der Waals surface area (Å²) in [6.45, 7) is 5.05. The van der Waals surface area contributed by atoms with Crippen molar-refractivity contribution in [1.29, 1.82) is 0 Å². The van der Waals surface area contributed by atoms with E-state index in [1.807, 2.05) is 18.5 Å². The first-order chi connectivity index (χ1) is 32.5. The van der Waals surface area contributed by atoms with Crippen molar-refractivity contribution in [2.24, 2.45) is 0 Å². The summed E-state index contributed by atoms with van der Waals surface area (Å²) in [6.07, 6.45) is 8.57. The zero-order valence-corrected chi connectivity index (χ0v) is 38.3. The molecule has 4 nitrogen and oxygen atoms in total. The normalized spacial score (nSPS) is 18.3. The lowest BCUT2D eigenvalue weighted by Gasteiger charge is -2.50. The van der Waals surface area contributed by atoms with Gasteiger partial charge in [-0.25, -0.2) is 0 Å². The first-order valence-corrected chi connectivity index (χ1v) is 25.5. The number of nitrogens with zero attached hydrogens (tertiary/aromatic N) is 3. The van der Waals surface area contributed by atoms with Crippen LogP contribution >= 0.6 is 0 Å². The van der Waals surface area contributed by atoms with E-state index in [2.05, 4.69) is 222 Å². The van der Waals surface area contributed by atoms with Gasteiger partial charge in [0.15, 0.2) is 8.07 Å². The van der Waals surface area contributed by atoms with Gasteiger partial charge in [0.25, 0.3) is 0 Å². The molecule has 1 aliphatic heterocycles. The number of benzene rings is 8. The Morgan fingerprint density at radius 2 is 1.18 bits per heavy atom. The van der Waals surface area contributed by atoms with Crippen LogP contribution in [-0.2, 0) is 5.41 Å². The molecule has 66 heavy (non-hydrogen) atoms. The predicted molar refractivity (Wildman–Crippen MR) is 278 cm³/mol. The molecule has 2 unspecified atom stereocenters. The first-order valence-electron chi connectivity index (χ1n) is 23.5. The van der Waals surface area contributed by atoms with Crippen molar-refractivity contribution in [3.8, 4) is 16.8 Å². The van der Waals surface area contributed by atoms with Crippen molar-refractivity contribution >= 4 is 83.9 Å². The Morgan fingerprint density at radius 1 is 0.500 bits per heavy atom. The highest BCUT2D eigenvalue weighted by Gasteiger charge is 2.57. The Morgan fingerprint density at radius 3 is 1.91 bits per heavy atom. The molecule has 0 saturated heterocycles. The van der Waals surface area contributed by atoms with Gasteiger partial charge in [-0.1, -0.05) is 153 Å². The fourth-order valence-corrected chi connectivity index (χ4v) is 17.3. The molecule has 0 spiro atoms. The molecule has 0 N–H and O–H groups in total. The number of furan rings is 1. The molecule has 1 fully saturated rings. The van der Waals surface area contributed by atoms with E-state index >= 15 is 0 Å². The predicted octanol–water partition coefficient (Wildman–Crippen LogP) is 12.9. The van der Waals surface area contributed by atoms with Crippen molar-refractivity contribution in [2.75, 3.05) is 4.90 Å². The van der Waals surface area contributed by atoms with E-state index in [0.29, 0.717) is 0 Å². The zero-order valence-electron chi connectivity index (χ0n) is 37.3. The Balaban J connectivity index is 1.08. The van der Waals surface area contributed by atoms with Crippen LogP contribution in [0.5, 0.6) is 0 Å². The van der Waals surface area contributed by atoms with Gasteiger partial charge in [0, 0.05) is 56.4 Å². The molecule has 13 rings (SSSR count). The van der Waals surface area contributed by atoms with Gasteiger partial charge in [-0.2, -0.15) is 0 Å². The van der Waals surface area contributed by atoms with Gasteiger partial charge in [-0.3, -0.25) is 4.98 Å². The summed E-state index contributed by atoms with van der Waals surface area (Å²) >= 11 is 0. The van der Waals surface area contributed by atoms with E-state index in [4.69, 9.17) is 4.42 Å². The van der Waals surface area contributed by atoms with Crippen LogP contribution in [0.4, 0.5) is 11.4 Å². The average Bonchev–Trinajstić information content (AvgIpc) is 3.98. The lowest BCUT2D eigenvalue weighted by atomic mass is 9.61. The van der Waals surface area contributed by atoms with Crippen LogP contribution in [0.2, 0.25) is 0 Å². The van der Waals surface area contributed by atoms with Gasteiger partial charge in [0.05, 0.1) is 16.6 Å². The summed E-state index contributed by atoms with van der Waals surface area (Å²) in [4.78, 5) is 7.20. The number of hydrogen-bond acceptors (Lipinski definition) is 3. The molecular weight excluding hydrogens is 819 g/mol. The quantitative estimate of drug-likeness (QED) is 0.118. The molecule has 2 atom stereocenters. The second kappa shape index (κ2) is 14.8. The van der Waals surface area contributed by atoms with E-state index in [1.165, 1.54) is 83.3 Å². The van der Waals surface area contributed by atoms with E-state index in [-0.39, 0.29) is 11.0 Å². The number of para-hydroxylation sites is 1. The van der Waals surface area contributed by atoms with Gasteiger partial charge in [0.1, 0.15) is 11.2 Å². The fourth-order valence-electron chi connectivity index (χ4n) is 12.5. The Hall–Kier alpha value is -7.47. The molecule has 5 heteroatoms. The van der Waals surface area contributed by atoms with Crippen molar-refractivity contribution in [1.82, 2.24) is 9.55 Å². The van der Waals surface area contributed by atoms with Gasteiger partial charge < -0.3 is 13.9 Å². The van der Waals surface area contributed by atoms with Crippen molar-refractivity contribution < 1.29 is 4.42 Å². The zero-order chi connectivity index (χ0) is 44.0. The number of fused-ring (bicyclic) bond motifs is 10. The maximum Gasteiger partial charge on any atom is 0.179 e. The summed E-state index contributed by atoms with van der Waals surface area (Å²) < 4.78 is 9.16. The maximum atomic E-state index is 6.64. The molecule has 0 radical (unpaired) electrons. The van der Waals surface area contributed by atoms with Crippen LogP contribution in [-0.4, -0.2) is 23.2 Å². The van der Waals surface area contributed by atoms with Crippen molar-refractivity contribution in [2.45, 2.75) is 50.5 Å². The molecular formula is C61H49N3OSi. The largest absolute Gasteiger partial charge is 0.456 e. The third kappa shape index (κ3) is 5.47. The second-order valence-electron chi connectivity index (χ2n) is 19.0. The van der Waals surface area contributed by atoms with Crippen molar-refractivity contribution in [3.05, 3.63) is 218 Å². The summed E-state index contributed by atoms with van der Waals surface area (Å²) in [7, 11) is -2.81. The lowest BCUT2D eigenvalue weighted by molar-refractivity contribution is 0.195. The van der Waals surface area contributed by atoms with E-state index in [1.54, 1.807) is 0 Å². The summed E-state index contributed by atoms with van der Waals surface area (Å²) in [5.41, 5.74) is 11.5. The number of pyridine rings is 1. The van der Waals surface area contributed by atoms with Crippen LogP contribution in [0.25, 0.3) is 60.6 Å². The number of anilines is 2. The molecule has 0 bridgehead atoms. The monoisotopic (exact) mass is 867 g/mol. The summed E-state index contributed by atoms with van der Waals surface area (Å²) in [5.74, 6) is 0. The van der Waals surface area contributed by atoms with Crippen LogP contribution in [0.3, 0.4) is 0 Å². The van der Waals surface area contributed by atoms with E-state index in [9.17, 15) is 0 Å². The molecule has 3 aromatic heterocycles. The van der Waals surface area contributed by atoms with Gasteiger partial charge >= 0.3 is 0 Å². The van der Waals surface area contributed by atoms with Crippen molar-refractivity contribution in [3.63, 3.8) is 0 Å².